The van der Waals surface area contributed by atoms with Crippen LogP contribution in [0.1, 0.15) is 24.0 Å². The Morgan fingerprint density at radius 1 is 0.361 bits per heavy atom. The molecular weight excluding hydrogens is 1100 g/mol. The summed E-state index contributed by atoms with van der Waals surface area (Å²) in [6.07, 6.45) is 4.56. The van der Waals surface area contributed by atoms with Crippen LogP contribution in [0.2, 0.25) is 19.6 Å². The monoisotopic (exact) mass is 1150 g/mol. The van der Waals surface area contributed by atoms with Crippen LogP contribution in [0.15, 0.2) is 281 Å². The van der Waals surface area contributed by atoms with Crippen LogP contribution in [0.25, 0.3) is 104 Å². The Bertz CT molecular complexity index is 5020. The maximum atomic E-state index is 10.7. The molecule has 0 aromatic heterocycles. The SMILES string of the molecule is CC1C(C#N)=CC(c2ccc3c4ccccc4c4ccccc4c3c2)=CC1c1cccc2c1Sc1ccc(-c3ccc4c5ccc(-c6cc(-c7cccc8c7Sc7ccccc7S8)cc([Si](C)(C)C)c6)cc5c5ccccc5c4c3)cc1S2. The second-order valence-electron chi connectivity index (χ2n) is 23.4. The van der Waals surface area contributed by atoms with Crippen LogP contribution in [-0.4, -0.2) is 8.07 Å². The summed E-state index contributed by atoms with van der Waals surface area (Å²) in [7, 11) is -1.72. The summed E-state index contributed by atoms with van der Waals surface area (Å²) in [6, 6.07) is 87.2. The summed E-state index contributed by atoms with van der Waals surface area (Å²) < 4.78 is 0. The molecule has 0 amide bonds. The molecule has 2 unspecified atom stereocenters. The van der Waals surface area contributed by atoms with Crippen molar-refractivity contribution in [2.75, 3.05) is 0 Å². The molecule has 0 fully saturated rings. The van der Waals surface area contributed by atoms with Gasteiger partial charge < -0.3 is 0 Å². The second kappa shape index (κ2) is 19.8. The van der Waals surface area contributed by atoms with Crippen molar-refractivity contribution in [3.63, 3.8) is 0 Å². The van der Waals surface area contributed by atoms with Gasteiger partial charge >= 0.3 is 0 Å². The predicted octanol–water partition coefficient (Wildman–Crippen LogP) is 22.7. The van der Waals surface area contributed by atoms with Crippen molar-refractivity contribution in [2.45, 2.75) is 71.6 Å². The van der Waals surface area contributed by atoms with Gasteiger partial charge in [0.25, 0.3) is 0 Å². The zero-order valence-corrected chi connectivity index (χ0v) is 50.5. The molecule has 1 aliphatic carbocycles. The molecule has 1 nitrogen and oxygen atoms in total. The molecule has 13 aromatic carbocycles. The van der Waals surface area contributed by atoms with Gasteiger partial charge in [-0.15, -0.1) is 0 Å². The van der Waals surface area contributed by atoms with Crippen molar-refractivity contribution < 1.29 is 0 Å². The lowest BCUT2D eigenvalue weighted by Crippen LogP contribution is -2.37. The van der Waals surface area contributed by atoms with E-state index in [1.54, 1.807) is 0 Å². The van der Waals surface area contributed by atoms with Gasteiger partial charge in [0.05, 0.1) is 14.1 Å². The zero-order chi connectivity index (χ0) is 55.7. The summed E-state index contributed by atoms with van der Waals surface area (Å²) in [5.74, 6) is 0.0619. The van der Waals surface area contributed by atoms with E-state index in [2.05, 4.69) is 269 Å². The summed E-state index contributed by atoms with van der Waals surface area (Å²) >= 11 is 7.54. The fraction of sp³-hybridized carbons (Fsp3) is 0.0779. The summed E-state index contributed by atoms with van der Waals surface area (Å²) in [4.78, 5) is 10.4. The van der Waals surface area contributed by atoms with Gasteiger partial charge in [-0.05, 0) is 181 Å². The molecule has 394 valence electrons. The Kier molecular flexibility index (Phi) is 12.1. The maximum absolute atomic E-state index is 10.7. The normalized spacial score (nSPS) is 15.7. The Labute approximate surface area is 502 Å². The smallest absolute Gasteiger partial charge is 0.0950 e. The molecule has 2 atom stereocenters. The average Bonchev–Trinajstić information content (AvgIpc) is 3.19. The Morgan fingerprint density at radius 2 is 0.807 bits per heavy atom. The first-order valence-electron chi connectivity index (χ1n) is 28.5. The zero-order valence-electron chi connectivity index (χ0n) is 46.3. The van der Waals surface area contributed by atoms with Gasteiger partial charge in [-0.3, -0.25) is 0 Å². The van der Waals surface area contributed by atoms with E-state index >= 15 is 0 Å². The van der Waals surface area contributed by atoms with E-state index in [0.29, 0.717) is 0 Å². The lowest BCUT2D eigenvalue weighted by molar-refractivity contribution is 0.605. The van der Waals surface area contributed by atoms with Crippen molar-refractivity contribution in [3.05, 3.63) is 253 Å². The molecule has 0 radical (unpaired) electrons. The van der Waals surface area contributed by atoms with Crippen LogP contribution in [0, 0.1) is 17.2 Å². The van der Waals surface area contributed by atoms with Crippen molar-refractivity contribution in [3.8, 4) is 39.4 Å². The number of hydrogen-bond donors (Lipinski definition) is 0. The number of benzene rings is 13. The summed E-state index contributed by atoms with van der Waals surface area (Å²) in [5.41, 5.74) is 11.9. The van der Waals surface area contributed by atoms with Crippen LogP contribution < -0.4 is 5.19 Å². The molecule has 16 rings (SSSR count). The molecule has 2 heterocycles. The quantitative estimate of drug-likeness (QED) is 0.122. The van der Waals surface area contributed by atoms with Gasteiger partial charge in [0.15, 0.2) is 0 Å². The number of hydrogen-bond acceptors (Lipinski definition) is 5. The van der Waals surface area contributed by atoms with Crippen molar-refractivity contribution >= 4 is 131 Å². The maximum Gasteiger partial charge on any atom is 0.0950 e. The number of nitrogens with zero attached hydrogens (tertiary/aromatic N) is 1. The van der Waals surface area contributed by atoms with Crippen LogP contribution in [-0.2, 0) is 0 Å². The highest BCUT2D eigenvalue weighted by molar-refractivity contribution is 8.05. The largest absolute Gasteiger partial charge is 0.193 e. The van der Waals surface area contributed by atoms with Gasteiger partial charge in [0.2, 0.25) is 0 Å². The van der Waals surface area contributed by atoms with Gasteiger partial charge in [-0.25, -0.2) is 0 Å². The Balaban J connectivity index is 0.730. The number of nitriles is 1. The number of allylic oxidation sites excluding steroid dienone is 4. The van der Waals surface area contributed by atoms with Crippen LogP contribution in [0.4, 0.5) is 0 Å². The second-order valence-corrected chi connectivity index (χ2v) is 32.8. The fourth-order valence-corrected chi connectivity index (χ4v) is 19.2. The van der Waals surface area contributed by atoms with Crippen LogP contribution >= 0.6 is 47.0 Å². The van der Waals surface area contributed by atoms with Crippen LogP contribution in [0.5, 0.6) is 0 Å². The van der Waals surface area contributed by atoms with Gasteiger partial charge in [0, 0.05) is 56.6 Å². The van der Waals surface area contributed by atoms with Gasteiger partial charge in [-0.2, -0.15) is 5.26 Å². The molecule has 0 bridgehead atoms. The van der Waals surface area contributed by atoms with E-state index in [4.69, 9.17) is 0 Å². The van der Waals surface area contributed by atoms with E-state index in [9.17, 15) is 5.26 Å². The minimum absolute atomic E-state index is 0.0296. The van der Waals surface area contributed by atoms with E-state index in [1.165, 1.54) is 148 Å². The molecule has 3 aliphatic rings. The first-order valence-corrected chi connectivity index (χ1v) is 35.3. The first-order chi connectivity index (χ1) is 40.6. The molecule has 0 saturated heterocycles. The van der Waals surface area contributed by atoms with E-state index in [-0.39, 0.29) is 11.8 Å². The molecule has 13 aromatic rings. The first kappa shape index (κ1) is 50.7. The van der Waals surface area contributed by atoms with Gasteiger partial charge in [-0.1, -0.05) is 249 Å². The molecule has 2 aliphatic heterocycles. The van der Waals surface area contributed by atoms with Crippen LogP contribution in [0.3, 0.4) is 0 Å². The predicted molar refractivity (Wildman–Crippen MR) is 360 cm³/mol. The molecule has 0 saturated carbocycles. The van der Waals surface area contributed by atoms with Gasteiger partial charge in [0.1, 0.15) is 0 Å². The highest BCUT2D eigenvalue weighted by atomic mass is 32.2. The summed E-state index contributed by atoms with van der Waals surface area (Å²) in [6.45, 7) is 9.62. The molecule has 0 N–H and O–H groups in total. The third kappa shape index (κ3) is 8.54. The molecule has 0 spiro atoms. The minimum atomic E-state index is -1.72. The van der Waals surface area contributed by atoms with Crippen molar-refractivity contribution in [1.82, 2.24) is 0 Å². The molecule has 6 heteroatoms. The number of rotatable bonds is 6. The third-order valence-corrected chi connectivity index (χ3v) is 24.8. The van der Waals surface area contributed by atoms with E-state index in [1.807, 2.05) is 47.0 Å². The lowest BCUT2D eigenvalue weighted by atomic mass is 9.76. The fourth-order valence-electron chi connectivity index (χ4n) is 13.2. The Morgan fingerprint density at radius 3 is 1.42 bits per heavy atom. The highest BCUT2D eigenvalue weighted by Gasteiger charge is 2.31. The molecule has 83 heavy (non-hydrogen) atoms. The van der Waals surface area contributed by atoms with Crippen molar-refractivity contribution in [1.29, 1.82) is 5.26 Å². The topological polar surface area (TPSA) is 23.8 Å². The minimum Gasteiger partial charge on any atom is -0.193 e. The highest BCUT2D eigenvalue weighted by Crippen LogP contribution is 2.55. The van der Waals surface area contributed by atoms with Crippen molar-refractivity contribution in [2.24, 2.45) is 5.92 Å². The number of fused-ring (bicyclic) bond motifs is 16. The Hall–Kier alpha value is -7.99. The van der Waals surface area contributed by atoms with E-state index in [0.717, 1.165) is 16.7 Å². The van der Waals surface area contributed by atoms with E-state index < -0.39 is 8.07 Å². The standard InChI is InChI=1S/C77H53NS4Si/c1-45-53(44-78)36-51(48-29-32-62-58-17-6-5-15-56(58)57-16-7-8-18-59(57)68(62)41-48)42-66(45)65-22-14-26-74-77(65)82-72-34-30-49(43-75(72)80-74)46-27-31-63-64-33-28-47(40-69(64)61-20-10-9-19-60(61)67(63)39-46)50-35-52(38-54(37-50)83(2,3)4)55-21-13-25-73-76(55)81-71-24-12-11-23-70(71)79-73/h5-43,45,66H,1-4H3. The summed E-state index contributed by atoms with van der Waals surface area (Å²) in [5, 5.41) is 27.3. The third-order valence-electron chi connectivity index (χ3n) is 17.5. The molecular formula is C77H53NS4Si. The lowest BCUT2D eigenvalue weighted by Gasteiger charge is -2.30. The average molecular weight is 1150 g/mol.